The van der Waals surface area contributed by atoms with Crippen LogP contribution in [-0.4, -0.2) is 11.5 Å². The zero-order valence-corrected chi connectivity index (χ0v) is 5.27. The Bertz CT molecular complexity index is 139. The summed E-state index contributed by atoms with van der Waals surface area (Å²) in [5.41, 5.74) is 0.0779. The topological polar surface area (TPSA) is 29.4 Å². The van der Waals surface area contributed by atoms with Crippen molar-refractivity contribution in [2.45, 2.75) is 6.92 Å². The lowest BCUT2D eigenvalue weighted by atomic mass is 10.6. The molecule has 44 valence electrons. The molecular formula is C5H6ClNO. The van der Waals surface area contributed by atoms with Crippen LogP contribution in [0.1, 0.15) is 6.92 Å². The molecule has 8 heavy (non-hydrogen) atoms. The van der Waals surface area contributed by atoms with Crippen LogP contribution in [0.15, 0.2) is 17.3 Å². The van der Waals surface area contributed by atoms with Crippen molar-refractivity contribution in [1.29, 1.82) is 0 Å². The Kier molecular flexibility index (Phi) is 3.12. The van der Waals surface area contributed by atoms with Gasteiger partial charge in [0.05, 0.1) is 0 Å². The molecule has 3 heteroatoms. The monoisotopic (exact) mass is 131 g/mol. The van der Waals surface area contributed by atoms with Crippen LogP contribution in [0.25, 0.3) is 0 Å². The van der Waals surface area contributed by atoms with Gasteiger partial charge in [0.15, 0.2) is 0 Å². The summed E-state index contributed by atoms with van der Waals surface area (Å²) in [6.45, 7) is 4.95. The lowest BCUT2D eigenvalue weighted by Crippen LogP contribution is -1.85. The first-order valence-electron chi connectivity index (χ1n) is 2.06. The van der Waals surface area contributed by atoms with Crippen LogP contribution in [0.2, 0.25) is 0 Å². The number of carbonyl (C=O) groups excluding carboxylic acids is 1. The highest BCUT2D eigenvalue weighted by molar-refractivity contribution is 6.67. The minimum Gasteiger partial charge on any atom is -0.274 e. The minimum atomic E-state index is -0.608. The normalized spacial score (nSPS) is 9.75. The molecular weight excluding hydrogens is 126 g/mol. The summed E-state index contributed by atoms with van der Waals surface area (Å²) in [6, 6.07) is 0. The molecule has 0 radical (unpaired) electrons. The van der Waals surface area contributed by atoms with E-state index in [1.165, 1.54) is 6.21 Å². The van der Waals surface area contributed by atoms with Gasteiger partial charge < -0.3 is 0 Å². The third-order valence-corrected chi connectivity index (χ3v) is 0.730. The van der Waals surface area contributed by atoms with Crippen molar-refractivity contribution >= 4 is 23.1 Å². The molecule has 0 aliphatic carbocycles. The van der Waals surface area contributed by atoms with Gasteiger partial charge in [-0.1, -0.05) is 6.58 Å². The van der Waals surface area contributed by atoms with E-state index in [4.69, 9.17) is 11.6 Å². The predicted octanol–water partition coefficient (Wildman–Crippen LogP) is 1.36. The van der Waals surface area contributed by atoms with E-state index >= 15 is 0 Å². The van der Waals surface area contributed by atoms with Gasteiger partial charge in [-0.2, -0.15) is 0 Å². The maximum absolute atomic E-state index is 10.1. The zero-order chi connectivity index (χ0) is 6.57. The molecule has 0 amide bonds. The molecule has 0 N–H and O–H groups in total. The second-order valence-electron chi connectivity index (χ2n) is 1.11. The molecule has 0 aliphatic heterocycles. The largest absolute Gasteiger partial charge is 0.274 e. The van der Waals surface area contributed by atoms with E-state index in [1.54, 1.807) is 6.92 Å². The summed E-state index contributed by atoms with van der Waals surface area (Å²) < 4.78 is 0. The molecule has 0 aliphatic rings. The van der Waals surface area contributed by atoms with E-state index in [1.807, 2.05) is 0 Å². The van der Waals surface area contributed by atoms with Crippen LogP contribution >= 0.6 is 11.6 Å². The zero-order valence-electron chi connectivity index (χ0n) is 4.52. The highest BCUT2D eigenvalue weighted by atomic mass is 35.5. The fraction of sp³-hybridized carbons (Fsp3) is 0.200. The van der Waals surface area contributed by atoms with Gasteiger partial charge in [-0.25, -0.2) is 0 Å². The number of hydrogen-bond acceptors (Lipinski definition) is 2. The Morgan fingerprint density at radius 3 is 2.50 bits per heavy atom. The van der Waals surface area contributed by atoms with E-state index in [2.05, 4.69) is 11.6 Å². The first-order valence-corrected chi connectivity index (χ1v) is 2.43. The Hall–Kier alpha value is -0.630. The van der Waals surface area contributed by atoms with Crippen molar-refractivity contribution in [3.63, 3.8) is 0 Å². The standard InChI is InChI=1S/C5H6ClNO/c1-3-7-4(2)5(6)8/h3H,2H2,1H3/b7-3-. The molecule has 0 spiro atoms. The van der Waals surface area contributed by atoms with Crippen molar-refractivity contribution in [3.05, 3.63) is 12.3 Å². The third-order valence-electron chi connectivity index (χ3n) is 0.512. The second-order valence-corrected chi connectivity index (χ2v) is 1.45. The van der Waals surface area contributed by atoms with Crippen molar-refractivity contribution in [2.75, 3.05) is 0 Å². The molecule has 0 bridgehead atoms. The van der Waals surface area contributed by atoms with Gasteiger partial charge in [0, 0.05) is 6.21 Å². The Morgan fingerprint density at radius 1 is 1.88 bits per heavy atom. The molecule has 2 nitrogen and oxygen atoms in total. The van der Waals surface area contributed by atoms with Crippen molar-refractivity contribution in [3.8, 4) is 0 Å². The van der Waals surface area contributed by atoms with E-state index in [0.29, 0.717) is 0 Å². The summed E-state index contributed by atoms with van der Waals surface area (Å²) in [6.07, 6.45) is 1.46. The molecule has 0 aromatic heterocycles. The number of carbonyl (C=O) groups is 1. The minimum absolute atomic E-state index is 0.0779. The Labute approximate surface area is 52.9 Å². The van der Waals surface area contributed by atoms with Crippen molar-refractivity contribution in [1.82, 2.24) is 0 Å². The summed E-state index contributed by atoms with van der Waals surface area (Å²) in [5.74, 6) is 0. The van der Waals surface area contributed by atoms with Crippen molar-refractivity contribution in [2.24, 2.45) is 4.99 Å². The van der Waals surface area contributed by atoms with Crippen molar-refractivity contribution < 1.29 is 4.79 Å². The number of allylic oxidation sites excluding steroid dienone is 1. The maximum atomic E-state index is 10.1. The van der Waals surface area contributed by atoms with Crippen LogP contribution in [0.4, 0.5) is 0 Å². The van der Waals surface area contributed by atoms with Gasteiger partial charge in [-0.05, 0) is 18.5 Å². The van der Waals surface area contributed by atoms with Gasteiger partial charge in [0.2, 0.25) is 0 Å². The van der Waals surface area contributed by atoms with E-state index in [9.17, 15) is 4.79 Å². The molecule has 0 atom stereocenters. The smallest absolute Gasteiger partial charge is 0.270 e. The maximum Gasteiger partial charge on any atom is 0.270 e. The molecule has 0 rings (SSSR count). The fourth-order valence-electron chi connectivity index (χ4n) is 0.207. The molecule has 0 heterocycles. The van der Waals surface area contributed by atoms with Crippen LogP contribution < -0.4 is 0 Å². The van der Waals surface area contributed by atoms with E-state index in [-0.39, 0.29) is 5.70 Å². The van der Waals surface area contributed by atoms with Crippen LogP contribution in [0, 0.1) is 0 Å². The highest BCUT2D eigenvalue weighted by Gasteiger charge is 1.95. The molecule has 0 saturated carbocycles. The lowest BCUT2D eigenvalue weighted by Gasteiger charge is -1.83. The van der Waals surface area contributed by atoms with Gasteiger partial charge in [-0.15, -0.1) is 0 Å². The number of rotatable bonds is 2. The Balaban J connectivity index is 3.85. The number of nitrogens with zero attached hydrogens (tertiary/aromatic N) is 1. The van der Waals surface area contributed by atoms with Crippen LogP contribution in [0.3, 0.4) is 0 Å². The first kappa shape index (κ1) is 7.37. The van der Waals surface area contributed by atoms with Gasteiger partial charge in [0.1, 0.15) is 5.70 Å². The number of halogens is 1. The lowest BCUT2D eigenvalue weighted by molar-refractivity contribution is -0.108. The molecule has 0 aromatic carbocycles. The number of hydrogen-bond donors (Lipinski definition) is 0. The predicted molar refractivity (Wildman–Crippen MR) is 34.2 cm³/mol. The molecule has 0 unspecified atom stereocenters. The summed E-state index contributed by atoms with van der Waals surface area (Å²) >= 11 is 4.95. The van der Waals surface area contributed by atoms with Crippen LogP contribution in [0.5, 0.6) is 0 Å². The SMILES string of the molecule is C=C(/N=C\C)C(=O)Cl. The average molecular weight is 132 g/mol. The van der Waals surface area contributed by atoms with Crippen LogP contribution in [-0.2, 0) is 4.79 Å². The summed E-state index contributed by atoms with van der Waals surface area (Å²) in [7, 11) is 0. The molecule has 0 aromatic rings. The molecule has 0 saturated heterocycles. The highest BCUT2D eigenvalue weighted by Crippen LogP contribution is 1.95. The fourth-order valence-corrected chi connectivity index (χ4v) is 0.255. The Morgan fingerprint density at radius 2 is 2.38 bits per heavy atom. The third kappa shape index (κ3) is 2.53. The van der Waals surface area contributed by atoms with E-state index < -0.39 is 5.24 Å². The number of aliphatic imine (C=N–C) groups is 1. The van der Waals surface area contributed by atoms with E-state index in [0.717, 1.165) is 0 Å². The summed E-state index contributed by atoms with van der Waals surface area (Å²) in [5, 5.41) is -0.608. The quantitative estimate of drug-likeness (QED) is 0.316. The summed E-state index contributed by atoms with van der Waals surface area (Å²) in [4.78, 5) is 13.6. The average Bonchev–Trinajstić information content (AvgIpc) is 1.67. The second kappa shape index (κ2) is 3.38. The van der Waals surface area contributed by atoms with Gasteiger partial charge in [0.25, 0.3) is 5.24 Å². The van der Waals surface area contributed by atoms with Gasteiger partial charge >= 0.3 is 0 Å². The molecule has 0 fully saturated rings. The van der Waals surface area contributed by atoms with Gasteiger partial charge in [-0.3, -0.25) is 9.79 Å². The first-order chi connectivity index (χ1) is 3.68.